The molecule has 0 bridgehead atoms. The van der Waals surface area contributed by atoms with Gasteiger partial charge in [0.2, 0.25) is 0 Å². The van der Waals surface area contributed by atoms with Crippen molar-refractivity contribution in [2.75, 3.05) is 10.6 Å². The molecule has 104 valence electrons. The predicted molar refractivity (Wildman–Crippen MR) is 89.9 cm³/mol. The van der Waals surface area contributed by atoms with E-state index in [9.17, 15) is 0 Å². The molecule has 4 rings (SSSR count). The number of anilines is 2. The van der Waals surface area contributed by atoms with Crippen LogP contribution in [-0.4, -0.2) is 0 Å². The van der Waals surface area contributed by atoms with Gasteiger partial charge in [-0.25, -0.2) is 0 Å². The summed E-state index contributed by atoms with van der Waals surface area (Å²) >= 11 is 0. The van der Waals surface area contributed by atoms with Crippen LogP contribution in [0.1, 0.15) is 22.9 Å². The van der Waals surface area contributed by atoms with E-state index < -0.39 is 0 Å². The molecule has 3 aromatic rings. The minimum absolute atomic E-state index is 0.116. The Hall–Kier alpha value is -2.48. The molecular formula is C19H18N2. The summed E-state index contributed by atoms with van der Waals surface area (Å²) in [6.45, 7) is 4.35. The summed E-state index contributed by atoms with van der Waals surface area (Å²) in [5.41, 5.74) is 6.38. The molecule has 3 aromatic carbocycles. The van der Waals surface area contributed by atoms with Crippen LogP contribution in [0.2, 0.25) is 0 Å². The van der Waals surface area contributed by atoms with Crippen LogP contribution in [0.15, 0.2) is 54.6 Å². The van der Waals surface area contributed by atoms with Crippen molar-refractivity contribution >= 4 is 22.1 Å². The standard InChI is InChI=1S/C19H18N2/c1-12-6-3-9-15(13(12)2)19-20-16-10-4-7-14-8-5-11-17(21-19)18(14)16/h3-11,19-21H,1-2H3. The van der Waals surface area contributed by atoms with Gasteiger partial charge in [0.25, 0.3) is 0 Å². The normalized spacial score (nSPS) is 13.8. The summed E-state index contributed by atoms with van der Waals surface area (Å²) in [6.07, 6.45) is 0.116. The van der Waals surface area contributed by atoms with Crippen LogP contribution in [0.3, 0.4) is 0 Å². The van der Waals surface area contributed by atoms with Gasteiger partial charge in [0.15, 0.2) is 0 Å². The molecule has 0 unspecified atom stereocenters. The number of hydrogen-bond donors (Lipinski definition) is 2. The van der Waals surface area contributed by atoms with Crippen molar-refractivity contribution in [3.63, 3.8) is 0 Å². The van der Waals surface area contributed by atoms with Crippen LogP contribution in [0.4, 0.5) is 11.4 Å². The fourth-order valence-electron chi connectivity index (χ4n) is 3.17. The Balaban J connectivity index is 1.85. The first-order valence-corrected chi connectivity index (χ1v) is 7.35. The summed E-state index contributed by atoms with van der Waals surface area (Å²) < 4.78 is 0. The molecule has 0 atom stereocenters. The van der Waals surface area contributed by atoms with Gasteiger partial charge in [0.1, 0.15) is 6.17 Å². The highest BCUT2D eigenvalue weighted by atomic mass is 15.1. The molecule has 0 fully saturated rings. The van der Waals surface area contributed by atoms with E-state index in [1.807, 2.05) is 0 Å². The Morgan fingerprint density at radius 2 is 1.38 bits per heavy atom. The van der Waals surface area contributed by atoms with Crippen molar-refractivity contribution in [1.29, 1.82) is 0 Å². The van der Waals surface area contributed by atoms with E-state index in [0.717, 1.165) is 0 Å². The third-order valence-electron chi connectivity index (χ3n) is 4.46. The van der Waals surface area contributed by atoms with E-state index in [1.165, 1.54) is 38.8 Å². The number of hydrogen-bond acceptors (Lipinski definition) is 2. The summed E-state index contributed by atoms with van der Waals surface area (Å²) in [7, 11) is 0. The van der Waals surface area contributed by atoms with Gasteiger partial charge in [-0.1, -0.05) is 42.5 Å². The maximum atomic E-state index is 3.63. The summed E-state index contributed by atoms with van der Waals surface area (Å²) in [6, 6.07) is 19.3. The van der Waals surface area contributed by atoms with Gasteiger partial charge < -0.3 is 10.6 Å². The average Bonchev–Trinajstić information content (AvgIpc) is 2.50. The molecule has 0 radical (unpaired) electrons. The lowest BCUT2D eigenvalue weighted by Gasteiger charge is -2.31. The van der Waals surface area contributed by atoms with Crippen LogP contribution in [-0.2, 0) is 0 Å². The van der Waals surface area contributed by atoms with Crippen molar-refractivity contribution in [2.45, 2.75) is 20.0 Å². The largest absolute Gasteiger partial charge is 0.361 e. The molecule has 0 amide bonds. The third kappa shape index (κ3) is 1.87. The number of aryl methyl sites for hydroxylation is 1. The SMILES string of the molecule is Cc1cccc(C2Nc3cccc4cccc(c34)N2)c1C. The van der Waals surface area contributed by atoms with Crippen LogP contribution in [0, 0.1) is 13.8 Å². The molecule has 0 aromatic heterocycles. The Kier molecular flexibility index (Phi) is 2.64. The van der Waals surface area contributed by atoms with Crippen LogP contribution in [0.25, 0.3) is 10.8 Å². The van der Waals surface area contributed by atoms with Gasteiger partial charge in [-0.05, 0) is 48.1 Å². The van der Waals surface area contributed by atoms with E-state index in [0.29, 0.717) is 0 Å². The monoisotopic (exact) mass is 274 g/mol. The lowest BCUT2D eigenvalue weighted by molar-refractivity contribution is 0.883. The highest BCUT2D eigenvalue weighted by molar-refractivity contribution is 6.04. The molecule has 0 spiro atoms. The van der Waals surface area contributed by atoms with Crippen molar-refractivity contribution in [3.8, 4) is 0 Å². The molecule has 2 N–H and O–H groups in total. The third-order valence-corrected chi connectivity index (χ3v) is 4.46. The summed E-state index contributed by atoms with van der Waals surface area (Å²) in [4.78, 5) is 0. The van der Waals surface area contributed by atoms with E-state index in [4.69, 9.17) is 0 Å². The van der Waals surface area contributed by atoms with Crippen molar-refractivity contribution in [1.82, 2.24) is 0 Å². The zero-order valence-corrected chi connectivity index (χ0v) is 12.3. The molecule has 1 heterocycles. The molecular weight excluding hydrogens is 256 g/mol. The maximum absolute atomic E-state index is 3.63. The Bertz CT molecular complexity index is 795. The molecule has 21 heavy (non-hydrogen) atoms. The zero-order chi connectivity index (χ0) is 14.4. The predicted octanol–water partition coefficient (Wildman–Crippen LogP) is 4.99. The van der Waals surface area contributed by atoms with Gasteiger partial charge in [-0.15, -0.1) is 0 Å². The minimum Gasteiger partial charge on any atom is -0.361 e. The molecule has 0 saturated carbocycles. The number of rotatable bonds is 1. The molecule has 1 aliphatic rings. The van der Waals surface area contributed by atoms with Crippen molar-refractivity contribution in [2.24, 2.45) is 0 Å². The lowest BCUT2D eigenvalue weighted by atomic mass is 9.98. The van der Waals surface area contributed by atoms with Gasteiger partial charge in [0.05, 0.1) is 0 Å². The van der Waals surface area contributed by atoms with E-state index in [-0.39, 0.29) is 6.17 Å². The maximum Gasteiger partial charge on any atom is 0.123 e. The Labute approximate surface area is 124 Å². The second-order valence-corrected chi connectivity index (χ2v) is 5.72. The van der Waals surface area contributed by atoms with Crippen LogP contribution >= 0.6 is 0 Å². The summed E-state index contributed by atoms with van der Waals surface area (Å²) in [5, 5.41) is 9.82. The fraction of sp³-hybridized carbons (Fsp3) is 0.158. The van der Waals surface area contributed by atoms with Crippen LogP contribution in [0.5, 0.6) is 0 Å². The second kappa shape index (κ2) is 4.52. The quantitative estimate of drug-likeness (QED) is 0.653. The molecule has 0 aliphatic carbocycles. The lowest BCUT2D eigenvalue weighted by Crippen LogP contribution is -2.24. The molecule has 0 saturated heterocycles. The highest BCUT2D eigenvalue weighted by Crippen LogP contribution is 2.39. The van der Waals surface area contributed by atoms with Gasteiger partial charge in [-0.3, -0.25) is 0 Å². The van der Waals surface area contributed by atoms with E-state index in [1.54, 1.807) is 0 Å². The number of benzene rings is 3. The topological polar surface area (TPSA) is 24.1 Å². The molecule has 1 aliphatic heterocycles. The van der Waals surface area contributed by atoms with Gasteiger partial charge in [-0.2, -0.15) is 0 Å². The highest BCUT2D eigenvalue weighted by Gasteiger charge is 2.21. The summed E-state index contributed by atoms with van der Waals surface area (Å²) in [5.74, 6) is 0. The van der Waals surface area contributed by atoms with Gasteiger partial charge >= 0.3 is 0 Å². The van der Waals surface area contributed by atoms with Crippen LogP contribution < -0.4 is 10.6 Å². The van der Waals surface area contributed by atoms with E-state index >= 15 is 0 Å². The number of nitrogens with one attached hydrogen (secondary N) is 2. The van der Waals surface area contributed by atoms with Gasteiger partial charge in [0, 0.05) is 16.8 Å². The zero-order valence-electron chi connectivity index (χ0n) is 12.3. The first kappa shape index (κ1) is 12.3. The minimum atomic E-state index is 0.116. The van der Waals surface area contributed by atoms with Crippen molar-refractivity contribution < 1.29 is 0 Å². The van der Waals surface area contributed by atoms with Crippen molar-refractivity contribution in [3.05, 3.63) is 71.3 Å². The molecule has 2 heteroatoms. The fourth-order valence-corrected chi connectivity index (χ4v) is 3.17. The Morgan fingerprint density at radius 3 is 2.05 bits per heavy atom. The smallest absolute Gasteiger partial charge is 0.123 e. The molecule has 2 nitrogen and oxygen atoms in total. The first-order valence-electron chi connectivity index (χ1n) is 7.35. The second-order valence-electron chi connectivity index (χ2n) is 5.72. The Morgan fingerprint density at radius 1 is 0.762 bits per heavy atom. The first-order chi connectivity index (χ1) is 10.2. The average molecular weight is 274 g/mol. The van der Waals surface area contributed by atoms with E-state index in [2.05, 4.69) is 79.1 Å².